The van der Waals surface area contributed by atoms with Crippen LogP contribution in [0.1, 0.15) is 64.7 Å². The van der Waals surface area contributed by atoms with Crippen molar-refractivity contribution in [2.75, 3.05) is 0 Å². The highest BCUT2D eigenvalue weighted by Crippen LogP contribution is 2.35. The molecule has 0 fully saturated rings. The van der Waals surface area contributed by atoms with Crippen molar-refractivity contribution in [3.05, 3.63) is 64.5 Å². The molecule has 1 aliphatic rings. The normalized spacial score (nSPS) is 16.8. The molecule has 0 aliphatic heterocycles. The van der Waals surface area contributed by atoms with Gasteiger partial charge in [-0.1, -0.05) is 25.1 Å². The van der Waals surface area contributed by atoms with Crippen LogP contribution >= 0.6 is 0 Å². The van der Waals surface area contributed by atoms with Crippen molar-refractivity contribution in [1.82, 2.24) is 4.98 Å². The Hall–Kier alpha value is -2.16. The van der Waals surface area contributed by atoms with Crippen molar-refractivity contribution in [3.63, 3.8) is 0 Å². The maximum absolute atomic E-state index is 11.3. The molecule has 0 unspecified atom stereocenters. The van der Waals surface area contributed by atoms with Gasteiger partial charge in [-0.2, -0.15) is 0 Å². The Kier molecular flexibility index (Phi) is 4.75. The lowest BCUT2D eigenvalue weighted by atomic mass is 9.79. The molecule has 0 saturated carbocycles. The third kappa shape index (κ3) is 3.44. The number of aromatic carboxylic acids is 1. The summed E-state index contributed by atoms with van der Waals surface area (Å²) in [6.45, 7) is 2.19. The second-order valence-corrected chi connectivity index (χ2v) is 6.35. The van der Waals surface area contributed by atoms with Crippen LogP contribution in [0.15, 0.2) is 36.7 Å². The Morgan fingerprint density at radius 3 is 3.00 bits per heavy atom. The van der Waals surface area contributed by atoms with E-state index in [1.165, 1.54) is 36.0 Å². The Bertz CT molecular complexity index is 709. The van der Waals surface area contributed by atoms with Gasteiger partial charge in [0.05, 0.1) is 5.56 Å². The number of rotatable bonds is 5. The number of fused-ring (bicyclic) bond motifs is 1. The van der Waals surface area contributed by atoms with Crippen molar-refractivity contribution < 1.29 is 9.90 Å². The number of nitrogens with zero attached hydrogens (tertiary/aromatic N) is 1. The van der Waals surface area contributed by atoms with Crippen molar-refractivity contribution >= 4 is 5.97 Å². The van der Waals surface area contributed by atoms with Crippen LogP contribution in [-0.4, -0.2) is 16.1 Å². The number of hydrogen-bond donors (Lipinski definition) is 1. The van der Waals surface area contributed by atoms with Gasteiger partial charge in [0.2, 0.25) is 0 Å². The van der Waals surface area contributed by atoms with E-state index in [2.05, 4.69) is 30.1 Å². The fourth-order valence-electron chi connectivity index (χ4n) is 3.65. The first-order valence-corrected chi connectivity index (χ1v) is 8.47. The number of aryl methyl sites for hydroxylation is 3. The maximum atomic E-state index is 11.3. The lowest BCUT2D eigenvalue weighted by Gasteiger charge is -2.26. The highest BCUT2D eigenvalue weighted by atomic mass is 16.4. The smallest absolute Gasteiger partial charge is 0.336 e. The van der Waals surface area contributed by atoms with E-state index in [-0.39, 0.29) is 0 Å². The molecule has 1 aromatic heterocycles. The monoisotopic (exact) mass is 309 g/mol. The fraction of sp³-hybridized carbons (Fsp3) is 0.400. The zero-order chi connectivity index (χ0) is 16.2. The Morgan fingerprint density at radius 2 is 2.22 bits per heavy atom. The largest absolute Gasteiger partial charge is 0.478 e. The number of carboxylic acid groups (broad SMARTS) is 1. The van der Waals surface area contributed by atoms with Crippen LogP contribution in [-0.2, 0) is 19.3 Å². The van der Waals surface area contributed by atoms with Crippen molar-refractivity contribution in [1.29, 1.82) is 0 Å². The minimum atomic E-state index is -0.862. The molecule has 0 amide bonds. The molecule has 1 aliphatic carbocycles. The van der Waals surface area contributed by atoms with Crippen LogP contribution in [0.2, 0.25) is 0 Å². The van der Waals surface area contributed by atoms with E-state index in [1.807, 2.05) is 0 Å². The summed E-state index contributed by atoms with van der Waals surface area (Å²) in [4.78, 5) is 15.4. The molecule has 0 spiro atoms. The van der Waals surface area contributed by atoms with E-state index >= 15 is 0 Å². The molecule has 3 nitrogen and oxygen atoms in total. The Morgan fingerprint density at radius 1 is 1.35 bits per heavy atom. The molecule has 1 N–H and O–H groups in total. The lowest BCUT2D eigenvalue weighted by molar-refractivity contribution is 0.0695. The summed E-state index contributed by atoms with van der Waals surface area (Å²) >= 11 is 0. The molecule has 120 valence electrons. The predicted molar refractivity (Wildman–Crippen MR) is 91.0 cm³/mol. The minimum Gasteiger partial charge on any atom is -0.478 e. The van der Waals surface area contributed by atoms with Crippen LogP contribution in [0.25, 0.3) is 0 Å². The Labute approximate surface area is 137 Å². The number of pyridine rings is 1. The summed E-state index contributed by atoms with van der Waals surface area (Å²) in [6.07, 6.45) is 9.69. The molecule has 0 saturated heterocycles. The zero-order valence-corrected chi connectivity index (χ0v) is 13.6. The average Bonchev–Trinajstić information content (AvgIpc) is 2.59. The summed E-state index contributed by atoms with van der Waals surface area (Å²) in [5, 5.41) is 9.29. The summed E-state index contributed by atoms with van der Waals surface area (Å²) in [5.41, 5.74) is 5.60. The molecule has 1 atom stereocenters. The summed E-state index contributed by atoms with van der Waals surface area (Å²) in [5.74, 6) is -0.328. The number of benzene rings is 1. The van der Waals surface area contributed by atoms with Crippen LogP contribution < -0.4 is 0 Å². The third-order valence-corrected chi connectivity index (χ3v) is 4.95. The molecule has 3 heteroatoms. The molecule has 0 radical (unpaired) electrons. The molecule has 3 rings (SSSR count). The number of carboxylic acids is 1. The molecule has 2 aromatic rings. The standard InChI is InChI=1S/C20H23NO2/c1-2-14-6-9-18-15(4-3-5-16(18)12-14)7-8-17-13-21-11-10-19(17)20(22)23/h6,9-13,15H,2-5,7-8H2,1H3,(H,22,23)/t15-/m1/s1. The van der Waals surface area contributed by atoms with Gasteiger partial charge in [0.25, 0.3) is 0 Å². The van der Waals surface area contributed by atoms with Gasteiger partial charge in [0.1, 0.15) is 0 Å². The van der Waals surface area contributed by atoms with Gasteiger partial charge in [-0.25, -0.2) is 4.79 Å². The van der Waals surface area contributed by atoms with Gasteiger partial charge in [-0.05, 0) is 72.8 Å². The lowest BCUT2D eigenvalue weighted by Crippen LogP contribution is -2.12. The minimum absolute atomic E-state index is 0.386. The zero-order valence-electron chi connectivity index (χ0n) is 13.6. The molecule has 1 aromatic carbocycles. The van der Waals surface area contributed by atoms with Crippen LogP contribution in [0.3, 0.4) is 0 Å². The quantitative estimate of drug-likeness (QED) is 0.891. The number of carbonyl (C=O) groups is 1. The topological polar surface area (TPSA) is 50.2 Å². The Balaban J connectivity index is 1.77. The molecule has 0 bridgehead atoms. The third-order valence-electron chi connectivity index (χ3n) is 4.95. The summed E-state index contributed by atoms with van der Waals surface area (Å²) in [7, 11) is 0. The van der Waals surface area contributed by atoms with Crippen molar-refractivity contribution in [2.24, 2.45) is 0 Å². The van der Waals surface area contributed by atoms with Crippen LogP contribution in [0, 0.1) is 0 Å². The van der Waals surface area contributed by atoms with E-state index in [1.54, 1.807) is 18.5 Å². The van der Waals surface area contributed by atoms with E-state index in [0.29, 0.717) is 11.5 Å². The van der Waals surface area contributed by atoms with Gasteiger partial charge < -0.3 is 5.11 Å². The molecule has 23 heavy (non-hydrogen) atoms. The maximum Gasteiger partial charge on any atom is 0.336 e. The van der Waals surface area contributed by atoms with Gasteiger partial charge in [-0.15, -0.1) is 0 Å². The first-order valence-electron chi connectivity index (χ1n) is 8.47. The highest BCUT2D eigenvalue weighted by Gasteiger charge is 2.21. The molecule has 1 heterocycles. The van der Waals surface area contributed by atoms with Gasteiger partial charge in [-0.3, -0.25) is 4.98 Å². The molecular formula is C20H23NO2. The summed E-state index contributed by atoms with van der Waals surface area (Å²) < 4.78 is 0. The van der Waals surface area contributed by atoms with Gasteiger partial charge >= 0.3 is 5.97 Å². The van der Waals surface area contributed by atoms with E-state index < -0.39 is 5.97 Å². The number of hydrogen-bond acceptors (Lipinski definition) is 2. The van der Waals surface area contributed by atoms with Gasteiger partial charge in [0.15, 0.2) is 0 Å². The number of aromatic nitrogens is 1. The average molecular weight is 309 g/mol. The molecular weight excluding hydrogens is 286 g/mol. The highest BCUT2D eigenvalue weighted by molar-refractivity contribution is 5.89. The van der Waals surface area contributed by atoms with Crippen molar-refractivity contribution in [3.8, 4) is 0 Å². The predicted octanol–water partition coefficient (Wildman–Crippen LogP) is 4.39. The van der Waals surface area contributed by atoms with E-state index in [4.69, 9.17) is 0 Å². The first-order chi connectivity index (χ1) is 11.2. The fourth-order valence-corrected chi connectivity index (χ4v) is 3.65. The second-order valence-electron chi connectivity index (χ2n) is 6.35. The first kappa shape index (κ1) is 15.7. The van der Waals surface area contributed by atoms with Gasteiger partial charge in [0, 0.05) is 12.4 Å². The van der Waals surface area contributed by atoms with E-state index in [9.17, 15) is 9.90 Å². The SMILES string of the molecule is CCc1ccc2c(c1)CCC[C@@H]2CCc1cnccc1C(=O)O. The van der Waals surface area contributed by atoms with E-state index in [0.717, 1.165) is 24.8 Å². The van der Waals surface area contributed by atoms with Crippen LogP contribution in [0.4, 0.5) is 0 Å². The van der Waals surface area contributed by atoms with Crippen LogP contribution in [0.5, 0.6) is 0 Å². The summed E-state index contributed by atoms with van der Waals surface area (Å²) in [6, 6.07) is 8.48. The second kappa shape index (κ2) is 6.95. The van der Waals surface area contributed by atoms with Crippen molar-refractivity contribution in [2.45, 2.75) is 51.4 Å².